The quantitative estimate of drug-likeness (QED) is 0.874. The molecule has 0 saturated carbocycles. The Hall–Kier alpha value is -2.43. The van der Waals surface area contributed by atoms with E-state index in [-0.39, 0.29) is 5.56 Å². The van der Waals surface area contributed by atoms with Crippen LogP contribution in [0.25, 0.3) is 0 Å². The van der Waals surface area contributed by atoms with E-state index in [0.29, 0.717) is 18.2 Å². The Labute approximate surface area is 117 Å². The highest BCUT2D eigenvalue weighted by atomic mass is 16.4. The summed E-state index contributed by atoms with van der Waals surface area (Å²) in [5.41, 5.74) is 2.78. The zero-order valence-electron chi connectivity index (χ0n) is 11.5. The highest BCUT2D eigenvalue weighted by Gasteiger charge is 2.11. The molecule has 1 heterocycles. The summed E-state index contributed by atoms with van der Waals surface area (Å²) in [6.07, 6.45) is 2.67. The predicted molar refractivity (Wildman–Crippen MR) is 76.8 cm³/mol. The van der Waals surface area contributed by atoms with Gasteiger partial charge in [0, 0.05) is 11.9 Å². The highest BCUT2D eigenvalue weighted by molar-refractivity contribution is 5.88. The van der Waals surface area contributed by atoms with Gasteiger partial charge in [0.15, 0.2) is 0 Å². The van der Waals surface area contributed by atoms with Crippen molar-refractivity contribution in [3.63, 3.8) is 0 Å². The first-order valence-corrected chi connectivity index (χ1v) is 6.44. The minimum Gasteiger partial charge on any atom is -0.478 e. The Bertz CT molecular complexity index is 612. The van der Waals surface area contributed by atoms with Crippen molar-refractivity contribution in [1.82, 2.24) is 9.97 Å². The summed E-state index contributed by atoms with van der Waals surface area (Å²) >= 11 is 0. The normalized spacial score (nSPS) is 10.6. The van der Waals surface area contributed by atoms with E-state index < -0.39 is 5.97 Å². The number of anilines is 1. The fourth-order valence-corrected chi connectivity index (χ4v) is 1.87. The summed E-state index contributed by atoms with van der Waals surface area (Å²) in [5, 5.41) is 12.3. The van der Waals surface area contributed by atoms with Gasteiger partial charge in [0.05, 0.1) is 12.2 Å². The molecular formula is C15H17N3O2. The SMILES string of the molecule is CC(C)c1cccc(NCc2ncncc2C(=O)O)c1. The lowest BCUT2D eigenvalue weighted by atomic mass is 10.0. The maximum atomic E-state index is 11.1. The van der Waals surface area contributed by atoms with Crippen LogP contribution < -0.4 is 5.32 Å². The first kappa shape index (κ1) is 14.0. The Morgan fingerprint density at radius 1 is 1.40 bits per heavy atom. The minimum atomic E-state index is -1.02. The predicted octanol–water partition coefficient (Wildman–Crippen LogP) is 2.91. The first-order valence-electron chi connectivity index (χ1n) is 6.44. The third kappa shape index (κ3) is 3.32. The molecule has 1 aromatic carbocycles. The largest absolute Gasteiger partial charge is 0.478 e. The molecule has 104 valence electrons. The molecule has 0 aliphatic heterocycles. The van der Waals surface area contributed by atoms with Crippen LogP contribution in [0.15, 0.2) is 36.8 Å². The zero-order valence-corrected chi connectivity index (χ0v) is 11.5. The molecule has 0 atom stereocenters. The zero-order chi connectivity index (χ0) is 14.5. The Kier molecular flexibility index (Phi) is 4.30. The Balaban J connectivity index is 2.13. The smallest absolute Gasteiger partial charge is 0.339 e. The Morgan fingerprint density at radius 3 is 2.90 bits per heavy atom. The second kappa shape index (κ2) is 6.14. The summed E-state index contributed by atoms with van der Waals surface area (Å²) in [6, 6.07) is 8.07. The van der Waals surface area contributed by atoms with Gasteiger partial charge in [0.1, 0.15) is 11.9 Å². The summed E-state index contributed by atoms with van der Waals surface area (Å²) < 4.78 is 0. The lowest BCUT2D eigenvalue weighted by Crippen LogP contribution is -2.10. The van der Waals surface area contributed by atoms with Crippen molar-refractivity contribution in [2.24, 2.45) is 0 Å². The maximum absolute atomic E-state index is 11.1. The molecule has 0 bridgehead atoms. The third-order valence-corrected chi connectivity index (χ3v) is 3.04. The van der Waals surface area contributed by atoms with Crippen LogP contribution in [0.3, 0.4) is 0 Å². The standard InChI is InChI=1S/C15H17N3O2/c1-10(2)11-4-3-5-12(6-11)17-8-14-13(15(19)20)7-16-9-18-14/h3-7,9-10,17H,8H2,1-2H3,(H,19,20). The van der Waals surface area contributed by atoms with Crippen LogP contribution in [0.1, 0.15) is 41.4 Å². The van der Waals surface area contributed by atoms with E-state index in [0.717, 1.165) is 5.69 Å². The number of rotatable bonds is 5. The van der Waals surface area contributed by atoms with E-state index in [4.69, 9.17) is 5.11 Å². The van der Waals surface area contributed by atoms with Gasteiger partial charge in [0.25, 0.3) is 0 Å². The van der Waals surface area contributed by atoms with Crippen molar-refractivity contribution in [1.29, 1.82) is 0 Å². The molecule has 2 rings (SSSR count). The summed E-state index contributed by atoms with van der Waals surface area (Å²) in [5.74, 6) is -0.566. The number of carbonyl (C=O) groups is 1. The van der Waals surface area contributed by atoms with E-state index in [1.807, 2.05) is 12.1 Å². The second-order valence-electron chi connectivity index (χ2n) is 4.82. The number of hydrogen-bond acceptors (Lipinski definition) is 4. The lowest BCUT2D eigenvalue weighted by molar-refractivity contribution is 0.0694. The molecule has 2 N–H and O–H groups in total. The van der Waals surface area contributed by atoms with E-state index >= 15 is 0 Å². The van der Waals surface area contributed by atoms with Crippen LogP contribution in [0.2, 0.25) is 0 Å². The number of nitrogens with one attached hydrogen (secondary N) is 1. The number of aromatic nitrogens is 2. The van der Waals surface area contributed by atoms with E-state index in [2.05, 4.69) is 41.3 Å². The topological polar surface area (TPSA) is 75.1 Å². The molecule has 0 radical (unpaired) electrons. The second-order valence-corrected chi connectivity index (χ2v) is 4.82. The number of benzene rings is 1. The molecule has 5 nitrogen and oxygen atoms in total. The number of carboxylic acid groups (broad SMARTS) is 1. The number of aromatic carboxylic acids is 1. The maximum Gasteiger partial charge on any atom is 0.339 e. The number of hydrogen-bond donors (Lipinski definition) is 2. The average Bonchev–Trinajstić information content (AvgIpc) is 2.45. The molecule has 0 amide bonds. The van der Waals surface area contributed by atoms with E-state index in [9.17, 15) is 4.79 Å². The van der Waals surface area contributed by atoms with Gasteiger partial charge >= 0.3 is 5.97 Å². The molecule has 1 aromatic heterocycles. The van der Waals surface area contributed by atoms with Crippen LogP contribution in [0.4, 0.5) is 5.69 Å². The van der Waals surface area contributed by atoms with Crippen LogP contribution in [-0.4, -0.2) is 21.0 Å². The Morgan fingerprint density at radius 2 is 2.20 bits per heavy atom. The molecule has 0 aliphatic rings. The monoisotopic (exact) mass is 271 g/mol. The van der Waals surface area contributed by atoms with E-state index in [1.165, 1.54) is 18.1 Å². The number of nitrogens with zero attached hydrogens (tertiary/aromatic N) is 2. The van der Waals surface area contributed by atoms with Crippen LogP contribution in [-0.2, 0) is 6.54 Å². The van der Waals surface area contributed by atoms with Gasteiger partial charge in [-0.05, 0) is 23.6 Å². The van der Waals surface area contributed by atoms with Gasteiger partial charge in [-0.25, -0.2) is 14.8 Å². The summed E-state index contributed by atoms with van der Waals surface area (Å²) in [4.78, 5) is 18.8. The number of carboxylic acids is 1. The third-order valence-electron chi connectivity index (χ3n) is 3.04. The summed E-state index contributed by atoms with van der Waals surface area (Å²) in [6.45, 7) is 4.61. The fourth-order valence-electron chi connectivity index (χ4n) is 1.87. The molecule has 0 aliphatic carbocycles. The van der Waals surface area contributed by atoms with Crippen molar-refractivity contribution in [3.8, 4) is 0 Å². The molecular weight excluding hydrogens is 254 g/mol. The molecule has 20 heavy (non-hydrogen) atoms. The minimum absolute atomic E-state index is 0.125. The van der Waals surface area contributed by atoms with Crippen molar-refractivity contribution in [2.75, 3.05) is 5.32 Å². The van der Waals surface area contributed by atoms with Crippen molar-refractivity contribution in [2.45, 2.75) is 26.3 Å². The lowest BCUT2D eigenvalue weighted by Gasteiger charge is -2.11. The van der Waals surface area contributed by atoms with Gasteiger partial charge in [0.2, 0.25) is 0 Å². The van der Waals surface area contributed by atoms with Gasteiger partial charge < -0.3 is 10.4 Å². The highest BCUT2D eigenvalue weighted by Crippen LogP contribution is 2.19. The van der Waals surface area contributed by atoms with Gasteiger partial charge in [-0.15, -0.1) is 0 Å². The summed E-state index contributed by atoms with van der Waals surface area (Å²) in [7, 11) is 0. The van der Waals surface area contributed by atoms with Crippen LogP contribution >= 0.6 is 0 Å². The van der Waals surface area contributed by atoms with Gasteiger partial charge in [-0.2, -0.15) is 0 Å². The van der Waals surface area contributed by atoms with Crippen molar-refractivity contribution >= 4 is 11.7 Å². The average molecular weight is 271 g/mol. The van der Waals surface area contributed by atoms with Crippen LogP contribution in [0.5, 0.6) is 0 Å². The molecule has 2 aromatic rings. The first-order chi connectivity index (χ1) is 9.58. The molecule has 0 saturated heterocycles. The molecule has 0 unspecified atom stereocenters. The van der Waals surface area contributed by atoms with E-state index in [1.54, 1.807) is 0 Å². The van der Waals surface area contributed by atoms with Gasteiger partial charge in [-0.3, -0.25) is 0 Å². The van der Waals surface area contributed by atoms with Crippen LogP contribution in [0, 0.1) is 0 Å². The molecule has 5 heteroatoms. The van der Waals surface area contributed by atoms with Crippen molar-refractivity contribution < 1.29 is 9.90 Å². The van der Waals surface area contributed by atoms with Crippen molar-refractivity contribution in [3.05, 3.63) is 53.6 Å². The molecule has 0 fully saturated rings. The van der Waals surface area contributed by atoms with Gasteiger partial charge in [-0.1, -0.05) is 26.0 Å². The molecule has 0 spiro atoms. The fraction of sp³-hybridized carbons (Fsp3) is 0.267.